The van der Waals surface area contributed by atoms with Crippen molar-refractivity contribution in [2.75, 3.05) is 13.6 Å². The van der Waals surface area contributed by atoms with Gasteiger partial charge in [-0.15, -0.1) is 0 Å². The van der Waals surface area contributed by atoms with Gasteiger partial charge in [0.2, 0.25) is 0 Å². The molecule has 0 heterocycles. The van der Waals surface area contributed by atoms with E-state index in [9.17, 15) is 9.59 Å². The van der Waals surface area contributed by atoms with Gasteiger partial charge in [0.05, 0.1) is 0 Å². The maximum absolute atomic E-state index is 11.5. The van der Waals surface area contributed by atoms with Crippen LogP contribution in [0.1, 0.15) is 41.0 Å². The molecule has 0 radical (unpaired) electrons. The van der Waals surface area contributed by atoms with Crippen molar-refractivity contribution in [3.05, 3.63) is 0 Å². The van der Waals surface area contributed by atoms with Crippen LogP contribution in [-0.2, 0) is 9.53 Å². The van der Waals surface area contributed by atoms with E-state index >= 15 is 0 Å². The Morgan fingerprint density at radius 3 is 2.12 bits per heavy atom. The van der Waals surface area contributed by atoms with Crippen molar-refractivity contribution < 1.29 is 14.3 Å². The standard InChI is InChI=1S/C12H23NO3/c1-9(2)10(14)7-8-13(6)11(15)16-12(3,4)5/h9H,7-8H2,1-6H3. The van der Waals surface area contributed by atoms with Crippen molar-refractivity contribution in [2.45, 2.75) is 46.6 Å². The first kappa shape index (κ1) is 14.9. The summed E-state index contributed by atoms with van der Waals surface area (Å²) in [5, 5.41) is 0. The van der Waals surface area contributed by atoms with E-state index in [0.717, 1.165) is 0 Å². The number of Topliss-reactive ketones (excluding diaryl/α,β-unsaturated/α-hetero) is 1. The van der Waals surface area contributed by atoms with Crippen LogP contribution in [0.4, 0.5) is 4.79 Å². The van der Waals surface area contributed by atoms with Gasteiger partial charge in [-0.05, 0) is 20.8 Å². The molecule has 0 spiro atoms. The predicted molar refractivity (Wildman–Crippen MR) is 63.3 cm³/mol. The van der Waals surface area contributed by atoms with Crippen LogP contribution in [-0.4, -0.2) is 36.0 Å². The molecule has 1 amide bonds. The summed E-state index contributed by atoms with van der Waals surface area (Å²) in [6.07, 6.45) is -0.00278. The molecule has 0 aromatic carbocycles. The lowest BCUT2D eigenvalue weighted by atomic mass is 10.1. The smallest absolute Gasteiger partial charge is 0.410 e. The lowest BCUT2D eigenvalue weighted by molar-refractivity contribution is -0.122. The first-order valence-electron chi connectivity index (χ1n) is 5.60. The Morgan fingerprint density at radius 2 is 1.75 bits per heavy atom. The third-order valence-electron chi connectivity index (χ3n) is 2.04. The highest BCUT2D eigenvalue weighted by molar-refractivity contribution is 5.81. The maximum Gasteiger partial charge on any atom is 0.410 e. The van der Waals surface area contributed by atoms with Gasteiger partial charge in [0, 0.05) is 25.9 Å². The fourth-order valence-electron chi connectivity index (χ4n) is 0.998. The van der Waals surface area contributed by atoms with E-state index in [-0.39, 0.29) is 17.8 Å². The molecule has 0 fully saturated rings. The van der Waals surface area contributed by atoms with Gasteiger partial charge in [0.1, 0.15) is 11.4 Å². The zero-order valence-electron chi connectivity index (χ0n) is 11.2. The van der Waals surface area contributed by atoms with Crippen LogP contribution < -0.4 is 0 Å². The molecule has 0 bridgehead atoms. The lowest BCUT2D eigenvalue weighted by Crippen LogP contribution is -2.35. The van der Waals surface area contributed by atoms with E-state index in [1.54, 1.807) is 7.05 Å². The molecule has 0 aliphatic carbocycles. The summed E-state index contributed by atoms with van der Waals surface area (Å²) in [6.45, 7) is 9.57. The monoisotopic (exact) mass is 229 g/mol. The highest BCUT2D eigenvalue weighted by atomic mass is 16.6. The van der Waals surface area contributed by atoms with Gasteiger partial charge < -0.3 is 9.64 Å². The van der Waals surface area contributed by atoms with Crippen molar-refractivity contribution in [3.63, 3.8) is 0 Å². The lowest BCUT2D eigenvalue weighted by Gasteiger charge is -2.24. The van der Waals surface area contributed by atoms with E-state index in [4.69, 9.17) is 4.74 Å². The van der Waals surface area contributed by atoms with E-state index in [2.05, 4.69) is 0 Å². The zero-order valence-corrected chi connectivity index (χ0v) is 11.2. The van der Waals surface area contributed by atoms with Gasteiger partial charge in [0.25, 0.3) is 0 Å². The maximum atomic E-state index is 11.5. The molecule has 0 aromatic heterocycles. The molecule has 0 aliphatic heterocycles. The van der Waals surface area contributed by atoms with Crippen LogP contribution in [0.2, 0.25) is 0 Å². The third-order valence-corrected chi connectivity index (χ3v) is 2.04. The first-order chi connectivity index (χ1) is 7.13. The summed E-state index contributed by atoms with van der Waals surface area (Å²) in [5.74, 6) is 0.183. The highest BCUT2D eigenvalue weighted by Crippen LogP contribution is 2.09. The van der Waals surface area contributed by atoms with Crippen LogP contribution in [0.5, 0.6) is 0 Å². The Kier molecular flexibility index (Phi) is 5.48. The van der Waals surface area contributed by atoms with Gasteiger partial charge >= 0.3 is 6.09 Å². The second kappa shape index (κ2) is 5.87. The van der Waals surface area contributed by atoms with Crippen molar-refractivity contribution in [2.24, 2.45) is 5.92 Å². The van der Waals surface area contributed by atoms with Crippen LogP contribution in [0.25, 0.3) is 0 Å². The van der Waals surface area contributed by atoms with Crippen molar-refractivity contribution >= 4 is 11.9 Å². The third kappa shape index (κ3) is 6.43. The Labute approximate surface area is 98.0 Å². The second-order valence-electron chi connectivity index (χ2n) is 5.27. The zero-order chi connectivity index (χ0) is 12.9. The number of carbonyl (C=O) groups is 2. The molecule has 4 heteroatoms. The molecule has 4 nitrogen and oxygen atoms in total. The molecule has 0 saturated carbocycles. The van der Waals surface area contributed by atoms with Crippen LogP contribution >= 0.6 is 0 Å². The number of carbonyl (C=O) groups excluding carboxylic acids is 2. The molecule has 0 aliphatic rings. The van der Waals surface area contributed by atoms with Gasteiger partial charge in [-0.3, -0.25) is 4.79 Å². The van der Waals surface area contributed by atoms with Crippen LogP contribution in [0, 0.1) is 5.92 Å². The van der Waals surface area contributed by atoms with Gasteiger partial charge in [-0.25, -0.2) is 4.79 Å². The largest absolute Gasteiger partial charge is 0.444 e. The molecule has 0 atom stereocenters. The van der Waals surface area contributed by atoms with E-state index in [1.807, 2.05) is 34.6 Å². The number of hydrogen-bond donors (Lipinski definition) is 0. The molecule has 0 saturated heterocycles. The average molecular weight is 229 g/mol. The molecule has 94 valence electrons. The van der Waals surface area contributed by atoms with Crippen molar-refractivity contribution in [3.8, 4) is 0 Å². The number of ketones is 1. The quantitative estimate of drug-likeness (QED) is 0.744. The average Bonchev–Trinajstić information content (AvgIpc) is 2.10. The van der Waals surface area contributed by atoms with Gasteiger partial charge in [-0.2, -0.15) is 0 Å². The van der Waals surface area contributed by atoms with Gasteiger partial charge in [0.15, 0.2) is 0 Å². The van der Waals surface area contributed by atoms with E-state index in [1.165, 1.54) is 4.90 Å². The van der Waals surface area contributed by atoms with Crippen LogP contribution in [0.15, 0.2) is 0 Å². The first-order valence-corrected chi connectivity index (χ1v) is 5.60. The summed E-state index contributed by atoms with van der Waals surface area (Å²) in [5.41, 5.74) is -0.493. The molecular weight excluding hydrogens is 206 g/mol. The molecule has 0 unspecified atom stereocenters. The molecule has 0 aromatic rings. The molecule has 0 N–H and O–H groups in total. The minimum atomic E-state index is -0.493. The fourth-order valence-corrected chi connectivity index (χ4v) is 0.998. The number of rotatable bonds is 4. The SMILES string of the molecule is CC(C)C(=O)CCN(C)C(=O)OC(C)(C)C. The van der Waals surface area contributed by atoms with Crippen molar-refractivity contribution in [1.29, 1.82) is 0 Å². The fraction of sp³-hybridized carbons (Fsp3) is 0.833. The topological polar surface area (TPSA) is 46.6 Å². The molecule has 0 rings (SSSR count). The summed E-state index contributed by atoms with van der Waals surface area (Å²) in [7, 11) is 1.64. The number of nitrogens with zero attached hydrogens (tertiary/aromatic N) is 1. The van der Waals surface area contributed by atoms with E-state index < -0.39 is 5.60 Å². The second-order valence-corrected chi connectivity index (χ2v) is 5.27. The Hall–Kier alpha value is -1.06. The van der Waals surface area contributed by atoms with Crippen LogP contribution in [0.3, 0.4) is 0 Å². The number of ether oxygens (including phenoxy) is 1. The summed E-state index contributed by atoms with van der Waals surface area (Å²) >= 11 is 0. The number of hydrogen-bond acceptors (Lipinski definition) is 3. The van der Waals surface area contributed by atoms with E-state index in [0.29, 0.717) is 13.0 Å². The predicted octanol–water partition coefficient (Wildman–Crippen LogP) is 2.47. The Morgan fingerprint density at radius 1 is 1.25 bits per heavy atom. The Balaban J connectivity index is 4.03. The van der Waals surface area contributed by atoms with Crippen molar-refractivity contribution in [1.82, 2.24) is 4.90 Å². The number of amides is 1. The normalized spacial score (nSPS) is 11.4. The highest BCUT2D eigenvalue weighted by Gasteiger charge is 2.20. The van der Waals surface area contributed by atoms with Gasteiger partial charge in [-0.1, -0.05) is 13.8 Å². The summed E-state index contributed by atoms with van der Waals surface area (Å²) in [6, 6.07) is 0. The Bertz CT molecular complexity index is 253. The summed E-state index contributed by atoms with van der Waals surface area (Å²) in [4.78, 5) is 24.3. The summed E-state index contributed by atoms with van der Waals surface area (Å²) < 4.78 is 5.17. The minimum absolute atomic E-state index is 0.0204. The molecule has 16 heavy (non-hydrogen) atoms. The minimum Gasteiger partial charge on any atom is -0.444 e. The molecular formula is C12H23NO3.